The fourth-order valence-electron chi connectivity index (χ4n) is 3.89. The van der Waals surface area contributed by atoms with Crippen molar-refractivity contribution in [1.82, 2.24) is 10.6 Å². The largest absolute Gasteiger partial charge is 0.360 e. The molecule has 3 rings (SSSR count). The van der Waals surface area contributed by atoms with Gasteiger partial charge in [0.05, 0.1) is 0 Å². The van der Waals surface area contributed by atoms with Gasteiger partial charge in [0.15, 0.2) is 5.11 Å². The molecular weight excluding hydrogens is 216 g/mol. The summed E-state index contributed by atoms with van der Waals surface area (Å²) in [6.45, 7) is 0. The Morgan fingerprint density at radius 2 is 1.75 bits per heavy atom. The molecule has 2 bridgehead atoms. The molecule has 3 aliphatic carbocycles. The van der Waals surface area contributed by atoms with E-state index in [9.17, 15) is 0 Å². The summed E-state index contributed by atoms with van der Waals surface area (Å²) in [4.78, 5) is 0. The van der Waals surface area contributed by atoms with E-state index < -0.39 is 0 Å². The fourth-order valence-corrected chi connectivity index (χ4v) is 4.21. The molecule has 0 aromatic carbocycles. The van der Waals surface area contributed by atoms with E-state index in [0.717, 1.165) is 16.9 Å². The van der Waals surface area contributed by atoms with Crippen molar-refractivity contribution in [2.45, 2.75) is 63.5 Å². The van der Waals surface area contributed by atoms with Gasteiger partial charge in [-0.2, -0.15) is 0 Å². The van der Waals surface area contributed by atoms with Gasteiger partial charge in [-0.1, -0.05) is 19.3 Å². The average molecular weight is 238 g/mol. The van der Waals surface area contributed by atoms with Crippen LogP contribution < -0.4 is 10.6 Å². The van der Waals surface area contributed by atoms with Crippen LogP contribution in [0.3, 0.4) is 0 Å². The number of nitrogens with one attached hydrogen (secondary N) is 2. The molecule has 0 amide bonds. The van der Waals surface area contributed by atoms with Crippen molar-refractivity contribution in [3.8, 4) is 0 Å². The zero-order chi connectivity index (χ0) is 11.0. The highest BCUT2D eigenvalue weighted by molar-refractivity contribution is 7.80. The number of hydrogen-bond acceptors (Lipinski definition) is 1. The average Bonchev–Trinajstić information content (AvgIpc) is 2.92. The minimum Gasteiger partial charge on any atom is -0.360 e. The predicted octanol–water partition coefficient (Wildman–Crippen LogP) is 2.58. The van der Waals surface area contributed by atoms with E-state index in [1.165, 1.54) is 51.4 Å². The van der Waals surface area contributed by atoms with Crippen LogP contribution in [0.15, 0.2) is 0 Å². The maximum atomic E-state index is 5.42. The molecule has 3 aliphatic rings. The van der Waals surface area contributed by atoms with Crippen LogP contribution in [0, 0.1) is 11.8 Å². The van der Waals surface area contributed by atoms with Crippen molar-refractivity contribution in [3.63, 3.8) is 0 Å². The van der Waals surface area contributed by atoms with E-state index >= 15 is 0 Å². The van der Waals surface area contributed by atoms with Crippen LogP contribution in [0.25, 0.3) is 0 Å². The van der Waals surface area contributed by atoms with Crippen molar-refractivity contribution in [2.75, 3.05) is 0 Å². The third-order valence-electron chi connectivity index (χ3n) is 4.74. The lowest BCUT2D eigenvalue weighted by molar-refractivity contribution is 0.387. The van der Waals surface area contributed by atoms with Gasteiger partial charge < -0.3 is 10.6 Å². The van der Waals surface area contributed by atoms with Crippen LogP contribution in [0.4, 0.5) is 0 Å². The highest BCUT2D eigenvalue weighted by Crippen LogP contribution is 2.44. The minimum atomic E-state index is 0.651. The molecule has 3 heteroatoms. The molecule has 3 fully saturated rings. The highest BCUT2D eigenvalue weighted by Gasteiger charge is 2.39. The molecule has 3 atom stereocenters. The van der Waals surface area contributed by atoms with Crippen LogP contribution in [0.2, 0.25) is 0 Å². The monoisotopic (exact) mass is 238 g/mol. The van der Waals surface area contributed by atoms with Gasteiger partial charge in [0.25, 0.3) is 0 Å². The van der Waals surface area contributed by atoms with Crippen molar-refractivity contribution in [3.05, 3.63) is 0 Å². The first kappa shape index (κ1) is 10.8. The summed E-state index contributed by atoms with van der Waals surface area (Å²) < 4.78 is 0. The van der Waals surface area contributed by atoms with Crippen molar-refractivity contribution in [2.24, 2.45) is 11.8 Å². The molecule has 0 aliphatic heterocycles. The van der Waals surface area contributed by atoms with Gasteiger partial charge in [0.2, 0.25) is 0 Å². The third-order valence-corrected chi connectivity index (χ3v) is 4.98. The van der Waals surface area contributed by atoms with Gasteiger partial charge in [-0.15, -0.1) is 0 Å². The molecule has 2 nitrogen and oxygen atoms in total. The zero-order valence-corrected chi connectivity index (χ0v) is 10.7. The Bertz CT molecular complexity index is 273. The van der Waals surface area contributed by atoms with Crippen molar-refractivity contribution < 1.29 is 0 Å². The van der Waals surface area contributed by atoms with E-state index in [2.05, 4.69) is 10.6 Å². The first-order valence-electron chi connectivity index (χ1n) is 6.88. The van der Waals surface area contributed by atoms with Crippen LogP contribution in [0.5, 0.6) is 0 Å². The van der Waals surface area contributed by atoms with E-state index in [0.29, 0.717) is 12.1 Å². The maximum Gasteiger partial charge on any atom is 0.166 e. The Hall–Kier alpha value is -0.310. The lowest BCUT2D eigenvalue weighted by atomic mass is 9.95. The summed E-state index contributed by atoms with van der Waals surface area (Å²) in [7, 11) is 0. The molecule has 3 unspecified atom stereocenters. The topological polar surface area (TPSA) is 24.1 Å². The van der Waals surface area contributed by atoms with Gasteiger partial charge in [-0.25, -0.2) is 0 Å². The second kappa shape index (κ2) is 4.52. The smallest absolute Gasteiger partial charge is 0.166 e. The summed E-state index contributed by atoms with van der Waals surface area (Å²) in [5.74, 6) is 1.91. The molecule has 0 aromatic heterocycles. The van der Waals surface area contributed by atoms with Crippen LogP contribution >= 0.6 is 12.2 Å². The molecule has 2 N–H and O–H groups in total. The first-order valence-corrected chi connectivity index (χ1v) is 7.29. The molecule has 0 spiro atoms. The first-order chi connectivity index (χ1) is 7.81. The molecule has 0 radical (unpaired) electrons. The summed E-state index contributed by atoms with van der Waals surface area (Å²) in [5.41, 5.74) is 0. The quantitative estimate of drug-likeness (QED) is 0.723. The molecule has 90 valence electrons. The van der Waals surface area contributed by atoms with Gasteiger partial charge in [0, 0.05) is 12.1 Å². The van der Waals surface area contributed by atoms with Gasteiger partial charge >= 0.3 is 0 Å². The van der Waals surface area contributed by atoms with Gasteiger partial charge in [-0.05, 0) is 56.2 Å². The molecule has 3 saturated carbocycles. The SMILES string of the molecule is S=C(NC1CCCC1)NC1CC2CCC1C2. The molecular formula is C13H22N2S. The third kappa shape index (κ3) is 2.20. The standard InChI is InChI=1S/C13H22N2S/c16-13(14-11-3-1-2-4-11)15-12-8-9-5-6-10(12)7-9/h9-12H,1-8H2,(H2,14,15,16). The number of hydrogen-bond donors (Lipinski definition) is 2. The Morgan fingerprint density at radius 1 is 0.938 bits per heavy atom. The summed E-state index contributed by atoms with van der Waals surface area (Å²) >= 11 is 5.42. The van der Waals surface area contributed by atoms with Crippen LogP contribution in [-0.4, -0.2) is 17.2 Å². The molecule has 0 aromatic rings. The summed E-state index contributed by atoms with van der Waals surface area (Å²) in [5, 5.41) is 7.96. The maximum absolute atomic E-state index is 5.42. The van der Waals surface area contributed by atoms with E-state index in [1.54, 1.807) is 0 Å². The van der Waals surface area contributed by atoms with Crippen molar-refractivity contribution >= 4 is 17.3 Å². The lowest BCUT2D eigenvalue weighted by Crippen LogP contribution is -2.47. The number of fused-ring (bicyclic) bond motifs is 2. The van der Waals surface area contributed by atoms with Crippen LogP contribution in [0.1, 0.15) is 51.4 Å². The lowest BCUT2D eigenvalue weighted by Gasteiger charge is -2.26. The van der Waals surface area contributed by atoms with E-state index in [-0.39, 0.29) is 0 Å². The van der Waals surface area contributed by atoms with Gasteiger partial charge in [-0.3, -0.25) is 0 Å². The fraction of sp³-hybridized carbons (Fsp3) is 0.923. The second-order valence-corrected chi connectivity index (χ2v) is 6.29. The predicted molar refractivity (Wildman–Crippen MR) is 70.4 cm³/mol. The van der Waals surface area contributed by atoms with Crippen molar-refractivity contribution in [1.29, 1.82) is 0 Å². The van der Waals surface area contributed by atoms with E-state index in [1.807, 2.05) is 0 Å². The molecule has 0 saturated heterocycles. The molecule has 16 heavy (non-hydrogen) atoms. The normalized spacial score (nSPS) is 37.9. The molecule has 0 heterocycles. The Morgan fingerprint density at radius 3 is 2.38 bits per heavy atom. The Kier molecular flexibility index (Phi) is 3.05. The Balaban J connectivity index is 1.45. The van der Waals surface area contributed by atoms with E-state index in [4.69, 9.17) is 12.2 Å². The number of rotatable bonds is 2. The summed E-state index contributed by atoms with van der Waals surface area (Å²) in [6, 6.07) is 1.33. The second-order valence-electron chi connectivity index (χ2n) is 5.88. The zero-order valence-electron chi connectivity index (χ0n) is 9.87. The van der Waals surface area contributed by atoms with Crippen LogP contribution in [-0.2, 0) is 0 Å². The van der Waals surface area contributed by atoms with Gasteiger partial charge in [0.1, 0.15) is 0 Å². The number of thiocarbonyl (C=S) groups is 1. The highest BCUT2D eigenvalue weighted by atomic mass is 32.1. The minimum absolute atomic E-state index is 0.651. The Labute approximate surface area is 104 Å². The summed E-state index contributed by atoms with van der Waals surface area (Å²) in [6.07, 6.45) is 11.0.